The maximum absolute atomic E-state index is 5.93. The summed E-state index contributed by atoms with van der Waals surface area (Å²) in [7, 11) is 1.64. The van der Waals surface area contributed by atoms with E-state index in [4.69, 9.17) is 31.5 Å². The highest BCUT2D eigenvalue weighted by atomic mass is 35.5. The molecule has 1 rings (SSSR count). The summed E-state index contributed by atoms with van der Waals surface area (Å²) in [6, 6.07) is 5.33. The standard InChI is InChI=1S/C13H20ClNO3/c1-10(15)12-9-11(14)3-4-13(12)18-8-7-17-6-5-16-2/h3-4,9-10H,5-8,15H2,1-2H3. The molecule has 0 aliphatic heterocycles. The van der Waals surface area contributed by atoms with E-state index in [0.29, 0.717) is 31.5 Å². The highest BCUT2D eigenvalue weighted by Gasteiger charge is 2.08. The second-order valence-electron chi connectivity index (χ2n) is 3.92. The zero-order valence-corrected chi connectivity index (χ0v) is 11.6. The van der Waals surface area contributed by atoms with Crippen LogP contribution in [0.1, 0.15) is 18.5 Å². The van der Waals surface area contributed by atoms with Crippen molar-refractivity contribution in [3.8, 4) is 5.75 Å². The molecule has 0 aliphatic rings. The molecule has 0 heterocycles. The Morgan fingerprint density at radius 2 is 1.94 bits per heavy atom. The fraction of sp³-hybridized carbons (Fsp3) is 0.538. The molecule has 0 bridgehead atoms. The van der Waals surface area contributed by atoms with Crippen molar-refractivity contribution in [3.05, 3.63) is 28.8 Å². The summed E-state index contributed by atoms with van der Waals surface area (Å²) in [5.41, 5.74) is 6.77. The quantitative estimate of drug-likeness (QED) is 0.739. The number of nitrogens with two attached hydrogens (primary N) is 1. The van der Waals surface area contributed by atoms with Crippen molar-refractivity contribution in [2.45, 2.75) is 13.0 Å². The third-order valence-corrected chi connectivity index (χ3v) is 2.61. The van der Waals surface area contributed by atoms with Gasteiger partial charge in [-0.25, -0.2) is 0 Å². The molecule has 0 saturated heterocycles. The molecule has 5 heteroatoms. The fourth-order valence-electron chi connectivity index (χ4n) is 1.46. The monoisotopic (exact) mass is 273 g/mol. The molecule has 18 heavy (non-hydrogen) atoms. The molecule has 1 aromatic rings. The number of halogens is 1. The number of rotatable bonds is 8. The van der Waals surface area contributed by atoms with Crippen molar-refractivity contribution >= 4 is 11.6 Å². The second-order valence-corrected chi connectivity index (χ2v) is 4.36. The highest BCUT2D eigenvalue weighted by Crippen LogP contribution is 2.27. The lowest BCUT2D eigenvalue weighted by molar-refractivity contribution is 0.0542. The van der Waals surface area contributed by atoms with E-state index in [1.54, 1.807) is 13.2 Å². The molecule has 1 atom stereocenters. The molecule has 1 aromatic carbocycles. The van der Waals surface area contributed by atoms with E-state index in [2.05, 4.69) is 0 Å². The minimum atomic E-state index is -0.117. The van der Waals surface area contributed by atoms with Crippen LogP contribution in [0.2, 0.25) is 5.02 Å². The molecule has 0 amide bonds. The van der Waals surface area contributed by atoms with Gasteiger partial charge in [0.25, 0.3) is 0 Å². The normalized spacial score (nSPS) is 12.4. The SMILES string of the molecule is COCCOCCOc1ccc(Cl)cc1C(C)N. The Labute approximate surface area is 113 Å². The predicted octanol–water partition coefficient (Wildman–Crippen LogP) is 2.40. The number of benzene rings is 1. The summed E-state index contributed by atoms with van der Waals surface area (Å²) in [4.78, 5) is 0. The Bertz CT molecular complexity index is 358. The number of hydrogen-bond acceptors (Lipinski definition) is 4. The maximum Gasteiger partial charge on any atom is 0.124 e. The molecule has 1 unspecified atom stereocenters. The van der Waals surface area contributed by atoms with Crippen LogP contribution < -0.4 is 10.5 Å². The van der Waals surface area contributed by atoms with E-state index in [1.165, 1.54) is 0 Å². The summed E-state index contributed by atoms with van der Waals surface area (Å²) >= 11 is 5.93. The molecule has 0 aliphatic carbocycles. The molecule has 0 saturated carbocycles. The van der Waals surface area contributed by atoms with E-state index >= 15 is 0 Å². The first-order valence-corrected chi connectivity index (χ1v) is 6.27. The zero-order chi connectivity index (χ0) is 13.4. The predicted molar refractivity (Wildman–Crippen MR) is 72.2 cm³/mol. The lowest BCUT2D eigenvalue weighted by Gasteiger charge is -2.14. The molecule has 102 valence electrons. The summed E-state index contributed by atoms with van der Waals surface area (Å²) in [5.74, 6) is 0.754. The zero-order valence-electron chi connectivity index (χ0n) is 10.8. The van der Waals surface area contributed by atoms with Gasteiger partial charge in [-0.05, 0) is 25.1 Å². The van der Waals surface area contributed by atoms with E-state index in [-0.39, 0.29) is 6.04 Å². The topological polar surface area (TPSA) is 53.7 Å². The smallest absolute Gasteiger partial charge is 0.124 e. The lowest BCUT2D eigenvalue weighted by Crippen LogP contribution is -2.12. The van der Waals surface area contributed by atoms with Gasteiger partial charge in [0.2, 0.25) is 0 Å². The van der Waals surface area contributed by atoms with Crippen LogP contribution in [0, 0.1) is 0 Å². The highest BCUT2D eigenvalue weighted by molar-refractivity contribution is 6.30. The van der Waals surface area contributed by atoms with Crippen molar-refractivity contribution in [3.63, 3.8) is 0 Å². The van der Waals surface area contributed by atoms with Crippen LogP contribution in [0.15, 0.2) is 18.2 Å². The maximum atomic E-state index is 5.93. The van der Waals surface area contributed by atoms with Gasteiger partial charge in [-0.3, -0.25) is 0 Å². The molecule has 2 N–H and O–H groups in total. The first kappa shape index (κ1) is 15.2. The summed E-state index contributed by atoms with van der Waals surface area (Å²) in [6.07, 6.45) is 0. The first-order valence-electron chi connectivity index (χ1n) is 5.89. The Hall–Kier alpha value is -0.810. The van der Waals surface area contributed by atoms with Gasteiger partial charge in [0, 0.05) is 23.7 Å². The van der Waals surface area contributed by atoms with Gasteiger partial charge in [-0.2, -0.15) is 0 Å². The molecule has 0 aromatic heterocycles. The van der Waals surface area contributed by atoms with Crippen molar-refractivity contribution in [2.75, 3.05) is 33.5 Å². The lowest BCUT2D eigenvalue weighted by atomic mass is 10.1. The molecular weight excluding hydrogens is 254 g/mol. The third kappa shape index (κ3) is 5.23. The van der Waals surface area contributed by atoms with Gasteiger partial charge in [0.05, 0.1) is 19.8 Å². The summed E-state index contributed by atoms with van der Waals surface area (Å²) < 4.78 is 15.8. The van der Waals surface area contributed by atoms with Crippen LogP contribution in [0.4, 0.5) is 0 Å². The summed E-state index contributed by atoms with van der Waals surface area (Å²) in [5, 5.41) is 0.658. The third-order valence-electron chi connectivity index (χ3n) is 2.38. The van der Waals surface area contributed by atoms with Crippen LogP contribution in [-0.2, 0) is 9.47 Å². The summed E-state index contributed by atoms with van der Waals surface area (Å²) in [6.45, 7) is 4.05. The molecular formula is C13H20ClNO3. The van der Waals surface area contributed by atoms with E-state index in [1.807, 2.05) is 19.1 Å². The van der Waals surface area contributed by atoms with Crippen molar-refractivity contribution in [1.29, 1.82) is 0 Å². The molecule has 4 nitrogen and oxygen atoms in total. The fourth-order valence-corrected chi connectivity index (χ4v) is 1.64. The minimum absolute atomic E-state index is 0.117. The number of ether oxygens (including phenoxy) is 3. The molecule has 0 fully saturated rings. The van der Waals surface area contributed by atoms with Crippen LogP contribution >= 0.6 is 11.6 Å². The van der Waals surface area contributed by atoms with Crippen molar-refractivity contribution in [2.24, 2.45) is 5.73 Å². The average molecular weight is 274 g/mol. The Balaban J connectivity index is 2.42. The number of methoxy groups -OCH3 is 1. The van der Waals surface area contributed by atoms with Crippen LogP contribution in [0.3, 0.4) is 0 Å². The molecule has 0 radical (unpaired) electrons. The Morgan fingerprint density at radius 1 is 1.22 bits per heavy atom. The van der Waals surface area contributed by atoms with Crippen LogP contribution in [0.25, 0.3) is 0 Å². The second kappa shape index (κ2) is 8.32. The molecule has 0 spiro atoms. The minimum Gasteiger partial charge on any atom is -0.491 e. The van der Waals surface area contributed by atoms with Gasteiger partial charge in [0.1, 0.15) is 12.4 Å². The van der Waals surface area contributed by atoms with Gasteiger partial charge >= 0.3 is 0 Å². The average Bonchev–Trinajstić information content (AvgIpc) is 2.35. The van der Waals surface area contributed by atoms with E-state index in [9.17, 15) is 0 Å². The first-order chi connectivity index (χ1) is 8.65. The number of hydrogen-bond donors (Lipinski definition) is 1. The van der Waals surface area contributed by atoms with Gasteiger partial charge < -0.3 is 19.9 Å². The van der Waals surface area contributed by atoms with Crippen molar-refractivity contribution in [1.82, 2.24) is 0 Å². The Morgan fingerprint density at radius 3 is 2.61 bits per heavy atom. The van der Waals surface area contributed by atoms with Crippen molar-refractivity contribution < 1.29 is 14.2 Å². The largest absolute Gasteiger partial charge is 0.491 e. The van der Waals surface area contributed by atoms with Gasteiger partial charge in [-0.1, -0.05) is 11.6 Å². The van der Waals surface area contributed by atoms with Gasteiger partial charge in [-0.15, -0.1) is 0 Å². The van der Waals surface area contributed by atoms with Crippen LogP contribution in [-0.4, -0.2) is 33.5 Å². The Kier molecular flexibility index (Phi) is 7.05. The van der Waals surface area contributed by atoms with Crippen LogP contribution in [0.5, 0.6) is 5.75 Å². The van der Waals surface area contributed by atoms with Gasteiger partial charge in [0.15, 0.2) is 0 Å². The van der Waals surface area contributed by atoms with E-state index in [0.717, 1.165) is 11.3 Å². The van der Waals surface area contributed by atoms with E-state index < -0.39 is 0 Å².